The van der Waals surface area contributed by atoms with Crippen molar-refractivity contribution in [3.8, 4) is 16.9 Å². The smallest absolute Gasteiger partial charge is 0.314 e. The minimum absolute atomic E-state index is 0.401. The summed E-state index contributed by atoms with van der Waals surface area (Å²) in [5.74, 6) is -0.676. The van der Waals surface area contributed by atoms with Crippen molar-refractivity contribution < 1.29 is 19.1 Å². The lowest BCUT2D eigenvalue weighted by molar-refractivity contribution is -0.132. The topological polar surface area (TPSA) is 100 Å². The summed E-state index contributed by atoms with van der Waals surface area (Å²) in [6, 6.07) is 11.4. The predicted molar refractivity (Wildman–Crippen MR) is 94.7 cm³/mol. The predicted octanol–water partition coefficient (Wildman–Crippen LogP) is 2.85. The Morgan fingerprint density at radius 2 is 1.48 bits per heavy atom. The van der Waals surface area contributed by atoms with Crippen molar-refractivity contribution in [2.24, 2.45) is 0 Å². The number of nitriles is 1. The molecule has 2 rings (SSSR count). The van der Waals surface area contributed by atoms with Crippen molar-refractivity contribution >= 4 is 35.0 Å². The molecule has 0 bridgehead atoms. The highest BCUT2D eigenvalue weighted by Gasteiger charge is 2.15. The Morgan fingerprint density at radius 3 is 2.04 bits per heavy atom. The van der Waals surface area contributed by atoms with Gasteiger partial charge in [0.25, 0.3) is 0 Å². The van der Waals surface area contributed by atoms with E-state index in [4.69, 9.17) is 14.7 Å². The number of hydrogen-bond acceptors (Lipinski definition) is 6. The highest BCUT2D eigenvalue weighted by molar-refractivity contribution is 8.03. The van der Waals surface area contributed by atoms with E-state index in [1.165, 1.54) is 14.2 Å². The molecule has 2 aromatic carbocycles. The fourth-order valence-corrected chi connectivity index (χ4v) is 2.33. The number of carbonyl (C=O) groups is 2. The molecule has 128 valence electrons. The Kier molecular flexibility index (Phi) is 6.26. The molecule has 0 saturated carbocycles. The van der Waals surface area contributed by atoms with Gasteiger partial charge in [-0.3, -0.25) is 9.59 Å². The second-order valence-corrected chi connectivity index (χ2v) is 5.55. The quantitative estimate of drug-likeness (QED) is 0.485. The molecule has 2 amide bonds. The molecule has 0 aliphatic heterocycles. The van der Waals surface area contributed by atoms with E-state index < -0.39 is 11.8 Å². The number of thiocyanates is 1. The standard InChI is InChI=1S/C17H15N3O4S/c1-23-14-8-5-12(9-15(14)24-2)20-17(22)16(21)19-11-3-6-13(7-4-11)25-10-18/h3-9H,1-2H3,(H,19,21)(H,20,22). The molecule has 0 aliphatic rings. The molecule has 0 atom stereocenters. The lowest BCUT2D eigenvalue weighted by Gasteiger charge is -2.10. The monoisotopic (exact) mass is 357 g/mol. The molecule has 8 heteroatoms. The van der Waals surface area contributed by atoms with E-state index in [0.717, 1.165) is 16.7 Å². The molecule has 0 saturated heterocycles. The van der Waals surface area contributed by atoms with E-state index in [9.17, 15) is 9.59 Å². The number of thioether (sulfide) groups is 1. The first-order valence-corrected chi connectivity index (χ1v) is 7.89. The van der Waals surface area contributed by atoms with Crippen LogP contribution in [0.1, 0.15) is 0 Å². The zero-order valence-corrected chi connectivity index (χ0v) is 14.3. The van der Waals surface area contributed by atoms with Gasteiger partial charge in [-0.2, -0.15) is 5.26 Å². The van der Waals surface area contributed by atoms with Gasteiger partial charge in [-0.05, 0) is 48.2 Å². The second kappa shape index (κ2) is 8.61. The first-order valence-electron chi connectivity index (χ1n) is 7.07. The Labute approximate surface area is 148 Å². The number of nitrogens with zero attached hydrogens (tertiary/aromatic N) is 1. The number of rotatable bonds is 5. The van der Waals surface area contributed by atoms with Crippen LogP contribution in [0.25, 0.3) is 0 Å². The van der Waals surface area contributed by atoms with Gasteiger partial charge in [0.05, 0.1) is 14.2 Å². The third kappa shape index (κ3) is 4.89. The molecule has 25 heavy (non-hydrogen) atoms. The van der Waals surface area contributed by atoms with Gasteiger partial charge in [0.2, 0.25) is 0 Å². The van der Waals surface area contributed by atoms with Crippen molar-refractivity contribution in [2.45, 2.75) is 4.90 Å². The summed E-state index contributed by atoms with van der Waals surface area (Å²) >= 11 is 1.01. The summed E-state index contributed by atoms with van der Waals surface area (Å²) in [6.45, 7) is 0. The molecule has 0 heterocycles. The van der Waals surface area contributed by atoms with Crippen LogP contribution in [0.5, 0.6) is 11.5 Å². The van der Waals surface area contributed by atoms with Crippen molar-refractivity contribution in [2.75, 3.05) is 24.9 Å². The van der Waals surface area contributed by atoms with Gasteiger partial charge < -0.3 is 20.1 Å². The van der Waals surface area contributed by atoms with Crippen LogP contribution >= 0.6 is 11.8 Å². The van der Waals surface area contributed by atoms with Gasteiger partial charge in [0.1, 0.15) is 5.40 Å². The number of anilines is 2. The largest absolute Gasteiger partial charge is 0.493 e. The number of ether oxygens (including phenoxy) is 2. The zero-order valence-electron chi connectivity index (χ0n) is 13.5. The zero-order chi connectivity index (χ0) is 18.2. The summed E-state index contributed by atoms with van der Waals surface area (Å²) in [4.78, 5) is 24.7. The molecule has 7 nitrogen and oxygen atoms in total. The molecular weight excluding hydrogens is 342 g/mol. The average Bonchev–Trinajstić information content (AvgIpc) is 2.63. The molecule has 0 aliphatic carbocycles. The van der Waals surface area contributed by atoms with Crippen molar-refractivity contribution in [3.63, 3.8) is 0 Å². The highest BCUT2D eigenvalue weighted by atomic mass is 32.2. The molecule has 2 aromatic rings. The number of amides is 2. The number of hydrogen-bond donors (Lipinski definition) is 2. The first-order chi connectivity index (χ1) is 12.1. The fourth-order valence-electron chi connectivity index (χ4n) is 1.95. The normalized spacial score (nSPS) is 9.64. The Morgan fingerprint density at radius 1 is 0.920 bits per heavy atom. The van der Waals surface area contributed by atoms with Crippen LogP contribution in [-0.4, -0.2) is 26.0 Å². The van der Waals surface area contributed by atoms with Crippen LogP contribution in [-0.2, 0) is 9.59 Å². The Balaban J connectivity index is 2.00. The van der Waals surface area contributed by atoms with E-state index in [1.807, 2.05) is 5.40 Å². The molecule has 0 unspecified atom stereocenters. The van der Waals surface area contributed by atoms with Crippen LogP contribution in [0.15, 0.2) is 47.4 Å². The molecular formula is C17H15N3O4S. The molecule has 2 N–H and O–H groups in total. The molecule has 0 radical (unpaired) electrons. The lowest BCUT2D eigenvalue weighted by atomic mass is 10.2. The lowest BCUT2D eigenvalue weighted by Crippen LogP contribution is -2.29. The fraction of sp³-hybridized carbons (Fsp3) is 0.118. The SMILES string of the molecule is COc1ccc(NC(=O)C(=O)Nc2ccc(SC#N)cc2)cc1OC. The molecule has 0 aromatic heterocycles. The summed E-state index contributed by atoms with van der Waals surface area (Å²) in [7, 11) is 2.98. The maximum absolute atomic E-state index is 12.0. The molecule has 0 spiro atoms. The number of methoxy groups -OCH3 is 2. The van der Waals surface area contributed by atoms with Crippen LogP contribution in [0.3, 0.4) is 0 Å². The van der Waals surface area contributed by atoms with Crippen molar-refractivity contribution in [1.82, 2.24) is 0 Å². The van der Waals surface area contributed by atoms with Gasteiger partial charge in [0.15, 0.2) is 11.5 Å². The third-order valence-electron chi connectivity index (χ3n) is 3.12. The third-order valence-corrected chi connectivity index (χ3v) is 3.72. The summed E-state index contributed by atoms with van der Waals surface area (Å²) < 4.78 is 10.3. The van der Waals surface area contributed by atoms with E-state index in [1.54, 1.807) is 42.5 Å². The van der Waals surface area contributed by atoms with Gasteiger partial charge in [-0.25, -0.2) is 0 Å². The van der Waals surface area contributed by atoms with E-state index in [-0.39, 0.29) is 0 Å². The minimum Gasteiger partial charge on any atom is -0.493 e. The maximum atomic E-state index is 12.0. The highest BCUT2D eigenvalue weighted by Crippen LogP contribution is 2.29. The van der Waals surface area contributed by atoms with Crippen molar-refractivity contribution in [1.29, 1.82) is 5.26 Å². The van der Waals surface area contributed by atoms with Gasteiger partial charge in [-0.1, -0.05) is 0 Å². The van der Waals surface area contributed by atoms with Crippen LogP contribution in [0.4, 0.5) is 11.4 Å². The Hall–Kier alpha value is -3.18. The average molecular weight is 357 g/mol. The van der Waals surface area contributed by atoms with Gasteiger partial charge >= 0.3 is 11.8 Å². The first kappa shape index (κ1) is 18.2. The summed E-state index contributed by atoms with van der Waals surface area (Å²) in [6.07, 6.45) is 0. The molecule has 0 fully saturated rings. The maximum Gasteiger partial charge on any atom is 0.314 e. The number of nitrogens with one attached hydrogen (secondary N) is 2. The summed E-state index contributed by atoms with van der Waals surface area (Å²) in [5, 5.41) is 15.5. The summed E-state index contributed by atoms with van der Waals surface area (Å²) in [5.41, 5.74) is 0.855. The van der Waals surface area contributed by atoms with Crippen LogP contribution in [0.2, 0.25) is 0 Å². The van der Waals surface area contributed by atoms with E-state index >= 15 is 0 Å². The Bertz CT molecular complexity index is 816. The second-order valence-electron chi connectivity index (χ2n) is 4.70. The number of benzene rings is 2. The van der Waals surface area contributed by atoms with E-state index in [2.05, 4.69) is 10.6 Å². The van der Waals surface area contributed by atoms with Crippen LogP contribution in [0, 0.1) is 10.7 Å². The minimum atomic E-state index is -0.817. The number of carbonyl (C=O) groups excluding carboxylic acids is 2. The van der Waals surface area contributed by atoms with Gasteiger partial charge in [0, 0.05) is 22.3 Å². The van der Waals surface area contributed by atoms with Crippen LogP contribution < -0.4 is 20.1 Å². The van der Waals surface area contributed by atoms with Crippen molar-refractivity contribution in [3.05, 3.63) is 42.5 Å². The van der Waals surface area contributed by atoms with Gasteiger partial charge in [-0.15, -0.1) is 0 Å². The van der Waals surface area contributed by atoms with E-state index in [0.29, 0.717) is 22.9 Å².